The largest absolute Gasteiger partial charge is 0.497 e. The molecule has 0 aliphatic rings. The number of aryl methyl sites for hydroxylation is 2. The molecule has 0 fully saturated rings. The molecule has 0 unspecified atom stereocenters. The molecule has 2 aromatic rings. The van der Waals surface area contributed by atoms with Crippen molar-refractivity contribution >= 4 is 22.4 Å². The van der Waals surface area contributed by atoms with Gasteiger partial charge >= 0.3 is 0 Å². The number of ether oxygens (including phenoxy) is 1. The van der Waals surface area contributed by atoms with Crippen LogP contribution in [0.3, 0.4) is 0 Å². The maximum atomic E-state index is 12.0. The van der Waals surface area contributed by atoms with Crippen molar-refractivity contribution in [3.05, 3.63) is 34.8 Å². The number of carbonyl (C=O) groups excluding carboxylic acids is 1. The predicted octanol–water partition coefficient (Wildman–Crippen LogP) is 3.46. The molecule has 0 atom stereocenters. The Labute approximate surface area is 134 Å². The Morgan fingerprint density at radius 1 is 1.32 bits per heavy atom. The minimum Gasteiger partial charge on any atom is -0.497 e. The van der Waals surface area contributed by atoms with E-state index in [4.69, 9.17) is 4.74 Å². The highest BCUT2D eigenvalue weighted by Crippen LogP contribution is 2.18. The van der Waals surface area contributed by atoms with Gasteiger partial charge in [-0.05, 0) is 30.5 Å². The zero-order valence-corrected chi connectivity index (χ0v) is 13.8. The first kappa shape index (κ1) is 16.4. The van der Waals surface area contributed by atoms with Crippen molar-refractivity contribution in [3.63, 3.8) is 0 Å². The van der Waals surface area contributed by atoms with E-state index >= 15 is 0 Å². The molecule has 6 heteroatoms. The fourth-order valence-electron chi connectivity index (χ4n) is 2.00. The first-order valence-corrected chi connectivity index (χ1v) is 8.28. The Balaban J connectivity index is 1.81. The molecule has 0 radical (unpaired) electrons. The molecule has 118 valence electrons. The lowest BCUT2D eigenvalue weighted by Crippen LogP contribution is -2.12. The lowest BCUT2D eigenvalue weighted by Gasteiger charge is -2.04. The van der Waals surface area contributed by atoms with Crippen LogP contribution in [0.1, 0.15) is 36.8 Å². The third-order valence-corrected chi connectivity index (χ3v) is 4.13. The van der Waals surface area contributed by atoms with Gasteiger partial charge in [-0.2, -0.15) is 0 Å². The van der Waals surface area contributed by atoms with Crippen LogP contribution in [0.25, 0.3) is 0 Å². The molecule has 1 aromatic carbocycles. The number of methoxy groups -OCH3 is 1. The molecule has 0 saturated heterocycles. The van der Waals surface area contributed by atoms with Crippen LogP contribution in [-0.2, 0) is 17.6 Å². The summed E-state index contributed by atoms with van der Waals surface area (Å²) in [5, 5.41) is 12.5. The molecule has 1 aromatic heterocycles. The number of rotatable bonds is 8. The van der Waals surface area contributed by atoms with Crippen LogP contribution < -0.4 is 10.1 Å². The fourth-order valence-corrected chi connectivity index (χ4v) is 2.80. The molecule has 1 amide bonds. The highest BCUT2D eigenvalue weighted by Gasteiger charge is 2.08. The number of nitrogens with one attached hydrogen (secondary N) is 1. The van der Waals surface area contributed by atoms with Gasteiger partial charge in [0.15, 0.2) is 0 Å². The Hall–Kier alpha value is -1.95. The molecular formula is C16H21N3O2S. The van der Waals surface area contributed by atoms with E-state index in [0.717, 1.165) is 35.6 Å². The van der Waals surface area contributed by atoms with Gasteiger partial charge < -0.3 is 10.1 Å². The average Bonchev–Trinajstić information content (AvgIpc) is 2.98. The Bertz CT molecular complexity index is 613. The van der Waals surface area contributed by atoms with Gasteiger partial charge in [0.05, 0.1) is 7.11 Å². The summed E-state index contributed by atoms with van der Waals surface area (Å²) >= 11 is 1.45. The molecule has 5 nitrogen and oxygen atoms in total. The Morgan fingerprint density at radius 3 is 2.95 bits per heavy atom. The number of unbranched alkanes of at least 4 members (excludes halogenated alkanes) is 1. The van der Waals surface area contributed by atoms with Crippen LogP contribution in [0.2, 0.25) is 0 Å². The summed E-state index contributed by atoms with van der Waals surface area (Å²) in [6, 6.07) is 7.75. The summed E-state index contributed by atoms with van der Waals surface area (Å²) in [5.74, 6) is 0.767. The molecule has 0 aliphatic carbocycles. The number of benzene rings is 1. The van der Waals surface area contributed by atoms with Gasteiger partial charge in [-0.15, -0.1) is 10.2 Å². The number of nitrogens with zero attached hydrogens (tertiary/aromatic N) is 2. The standard InChI is InChI=1S/C16H21N3O2S/c1-3-4-8-15-18-19-16(22-15)17-14(20)10-9-12-6-5-7-13(11-12)21-2/h5-7,11H,3-4,8-10H2,1-2H3,(H,17,19,20). The molecular weight excluding hydrogens is 298 g/mol. The number of anilines is 1. The smallest absolute Gasteiger partial charge is 0.226 e. The van der Waals surface area contributed by atoms with Crippen molar-refractivity contribution in [1.82, 2.24) is 10.2 Å². The molecule has 0 aliphatic heterocycles. The number of amides is 1. The Kier molecular flexibility index (Phi) is 6.33. The van der Waals surface area contributed by atoms with Crippen LogP contribution in [0, 0.1) is 0 Å². The number of aromatic nitrogens is 2. The summed E-state index contributed by atoms with van der Waals surface area (Å²) < 4.78 is 5.18. The van der Waals surface area contributed by atoms with E-state index in [9.17, 15) is 4.79 Å². The minimum absolute atomic E-state index is 0.0407. The van der Waals surface area contributed by atoms with E-state index in [1.165, 1.54) is 11.3 Å². The predicted molar refractivity (Wildman–Crippen MR) is 88.5 cm³/mol. The quantitative estimate of drug-likeness (QED) is 0.809. The lowest BCUT2D eigenvalue weighted by molar-refractivity contribution is -0.116. The number of hydrogen-bond acceptors (Lipinski definition) is 5. The second kappa shape index (κ2) is 8.48. The maximum absolute atomic E-state index is 12.0. The molecule has 0 spiro atoms. The van der Waals surface area contributed by atoms with Crippen molar-refractivity contribution in [2.45, 2.75) is 39.0 Å². The normalized spacial score (nSPS) is 10.5. The summed E-state index contributed by atoms with van der Waals surface area (Å²) in [7, 11) is 1.64. The zero-order chi connectivity index (χ0) is 15.8. The van der Waals surface area contributed by atoms with Crippen LogP contribution >= 0.6 is 11.3 Å². The molecule has 0 bridgehead atoms. The summed E-state index contributed by atoms with van der Waals surface area (Å²) in [5.41, 5.74) is 1.08. The molecule has 1 N–H and O–H groups in total. The summed E-state index contributed by atoms with van der Waals surface area (Å²) in [4.78, 5) is 12.0. The summed E-state index contributed by atoms with van der Waals surface area (Å²) in [6.45, 7) is 2.14. The van der Waals surface area contributed by atoms with Crippen LogP contribution in [0.4, 0.5) is 5.13 Å². The fraction of sp³-hybridized carbons (Fsp3) is 0.438. The van der Waals surface area contributed by atoms with Crippen molar-refractivity contribution in [2.75, 3.05) is 12.4 Å². The van der Waals surface area contributed by atoms with Gasteiger partial charge in [-0.25, -0.2) is 0 Å². The first-order valence-electron chi connectivity index (χ1n) is 7.46. The number of carbonyl (C=O) groups is 1. The highest BCUT2D eigenvalue weighted by atomic mass is 32.1. The minimum atomic E-state index is -0.0407. The van der Waals surface area contributed by atoms with E-state index in [2.05, 4.69) is 22.4 Å². The van der Waals surface area contributed by atoms with Crippen molar-refractivity contribution < 1.29 is 9.53 Å². The topological polar surface area (TPSA) is 64.1 Å². The van der Waals surface area contributed by atoms with Gasteiger partial charge in [0.1, 0.15) is 10.8 Å². The lowest BCUT2D eigenvalue weighted by atomic mass is 10.1. The molecule has 22 heavy (non-hydrogen) atoms. The first-order chi connectivity index (χ1) is 10.7. The van der Waals surface area contributed by atoms with E-state index in [-0.39, 0.29) is 5.91 Å². The monoisotopic (exact) mass is 319 g/mol. The van der Waals surface area contributed by atoms with E-state index in [1.807, 2.05) is 24.3 Å². The van der Waals surface area contributed by atoms with Gasteiger partial charge in [0, 0.05) is 12.8 Å². The highest BCUT2D eigenvalue weighted by molar-refractivity contribution is 7.15. The van der Waals surface area contributed by atoms with Crippen LogP contribution in [0.5, 0.6) is 5.75 Å². The van der Waals surface area contributed by atoms with Crippen molar-refractivity contribution in [1.29, 1.82) is 0 Å². The van der Waals surface area contributed by atoms with Crippen molar-refractivity contribution in [2.24, 2.45) is 0 Å². The van der Waals surface area contributed by atoms with Crippen LogP contribution in [-0.4, -0.2) is 23.2 Å². The Morgan fingerprint density at radius 2 is 2.18 bits per heavy atom. The second-order valence-electron chi connectivity index (χ2n) is 5.00. The maximum Gasteiger partial charge on any atom is 0.226 e. The molecule has 0 saturated carbocycles. The molecule has 2 rings (SSSR count). The second-order valence-corrected chi connectivity index (χ2v) is 6.07. The van der Waals surface area contributed by atoms with Crippen molar-refractivity contribution in [3.8, 4) is 5.75 Å². The zero-order valence-electron chi connectivity index (χ0n) is 13.0. The van der Waals surface area contributed by atoms with E-state index < -0.39 is 0 Å². The van der Waals surface area contributed by atoms with Gasteiger partial charge in [-0.3, -0.25) is 4.79 Å². The van der Waals surface area contributed by atoms with Gasteiger partial charge in [0.2, 0.25) is 11.0 Å². The van der Waals surface area contributed by atoms with E-state index in [0.29, 0.717) is 18.0 Å². The third kappa shape index (κ3) is 5.11. The SMILES string of the molecule is CCCCc1nnc(NC(=O)CCc2cccc(OC)c2)s1. The van der Waals surface area contributed by atoms with Gasteiger partial charge in [-0.1, -0.05) is 36.8 Å². The molecule has 1 heterocycles. The van der Waals surface area contributed by atoms with Crippen LogP contribution in [0.15, 0.2) is 24.3 Å². The summed E-state index contributed by atoms with van der Waals surface area (Å²) in [6.07, 6.45) is 4.23. The van der Waals surface area contributed by atoms with E-state index in [1.54, 1.807) is 7.11 Å². The number of hydrogen-bond donors (Lipinski definition) is 1. The van der Waals surface area contributed by atoms with Gasteiger partial charge in [0.25, 0.3) is 0 Å². The third-order valence-electron chi connectivity index (χ3n) is 3.23. The average molecular weight is 319 g/mol.